The largest absolute Gasteiger partial charge is 0.467 e. The first kappa shape index (κ1) is 20.3. The van der Waals surface area contributed by atoms with Crippen molar-refractivity contribution in [2.24, 2.45) is 0 Å². The number of hydrogen-bond acceptors (Lipinski definition) is 5. The van der Waals surface area contributed by atoms with E-state index >= 15 is 0 Å². The minimum atomic E-state index is -3.52. The Balaban J connectivity index is 1.46. The van der Waals surface area contributed by atoms with Crippen LogP contribution in [0.1, 0.15) is 22.3 Å². The standard InChI is InChI=1S/C21H25FN2O4S/c1-15-3-4-20(16(2)9-15)29(25,26)24-7-5-23(6-8-24)12-17-10-19(22)11-18-13-27-14-28-21(17)18/h3-4,9-11H,5-8,12-14H2,1-2H3. The van der Waals surface area contributed by atoms with Crippen molar-refractivity contribution in [2.45, 2.75) is 31.9 Å². The predicted octanol–water partition coefficient (Wildman–Crippen LogP) is 2.82. The van der Waals surface area contributed by atoms with Crippen LogP contribution in [-0.4, -0.2) is 50.6 Å². The average Bonchev–Trinajstić information content (AvgIpc) is 2.68. The fourth-order valence-corrected chi connectivity index (χ4v) is 5.60. The molecule has 29 heavy (non-hydrogen) atoms. The second-order valence-electron chi connectivity index (χ2n) is 7.61. The van der Waals surface area contributed by atoms with Crippen LogP contribution >= 0.6 is 0 Å². The van der Waals surface area contributed by atoms with Crippen LogP contribution in [0, 0.1) is 19.7 Å². The molecule has 0 radical (unpaired) electrons. The lowest BCUT2D eigenvalue weighted by atomic mass is 10.1. The second kappa shape index (κ2) is 8.02. The van der Waals surface area contributed by atoms with Gasteiger partial charge in [0.1, 0.15) is 11.6 Å². The minimum absolute atomic E-state index is 0.160. The Morgan fingerprint density at radius 3 is 2.55 bits per heavy atom. The molecule has 0 aliphatic carbocycles. The van der Waals surface area contributed by atoms with Crippen LogP contribution in [0.25, 0.3) is 0 Å². The quantitative estimate of drug-likeness (QED) is 0.761. The first-order chi connectivity index (χ1) is 13.8. The van der Waals surface area contributed by atoms with E-state index in [2.05, 4.69) is 4.90 Å². The van der Waals surface area contributed by atoms with Crippen molar-refractivity contribution in [3.63, 3.8) is 0 Å². The van der Waals surface area contributed by atoms with Gasteiger partial charge in [-0.15, -0.1) is 0 Å². The number of hydrogen-bond donors (Lipinski definition) is 0. The van der Waals surface area contributed by atoms with Crippen LogP contribution in [0.15, 0.2) is 35.2 Å². The maximum absolute atomic E-state index is 14.0. The van der Waals surface area contributed by atoms with Crippen LogP contribution in [-0.2, 0) is 27.9 Å². The van der Waals surface area contributed by atoms with Crippen molar-refractivity contribution in [3.05, 3.63) is 58.4 Å². The van der Waals surface area contributed by atoms with Crippen LogP contribution in [0.5, 0.6) is 5.75 Å². The number of halogens is 1. The predicted molar refractivity (Wildman–Crippen MR) is 107 cm³/mol. The highest BCUT2D eigenvalue weighted by Gasteiger charge is 2.30. The summed E-state index contributed by atoms with van der Waals surface area (Å²) in [5, 5.41) is 0. The summed E-state index contributed by atoms with van der Waals surface area (Å²) in [5.41, 5.74) is 3.28. The summed E-state index contributed by atoms with van der Waals surface area (Å²) >= 11 is 0. The zero-order chi connectivity index (χ0) is 20.6. The Hall–Kier alpha value is -2.00. The summed E-state index contributed by atoms with van der Waals surface area (Å²) in [6.07, 6.45) is 0. The van der Waals surface area contributed by atoms with Crippen molar-refractivity contribution in [1.29, 1.82) is 0 Å². The first-order valence-corrected chi connectivity index (χ1v) is 11.1. The first-order valence-electron chi connectivity index (χ1n) is 9.66. The van der Waals surface area contributed by atoms with Gasteiger partial charge < -0.3 is 9.47 Å². The number of ether oxygens (including phenoxy) is 2. The van der Waals surface area contributed by atoms with Gasteiger partial charge in [0.15, 0.2) is 6.79 Å². The molecule has 6 nitrogen and oxygen atoms in total. The Morgan fingerprint density at radius 2 is 1.83 bits per heavy atom. The van der Waals surface area contributed by atoms with Gasteiger partial charge in [0.2, 0.25) is 10.0 Å². The molecule has 0 bridgehead atoms. The Bertz CT molecular complexity index is 1020. The van der Waals surface area contributed by atoms with Gasteiger partial charge in [-0.05, 0) is 37.6 Å². The third kappa shape index (κ3) is 4.16. The zero-order valence-electron chi connectivity index (χ0n) is 16.7. The molecule has 0 N–H and O–H groups in total. The molecule has 2 aromatic carbocycles. The number of piperazine rings is 1. The van der Waals surface area contributed by atoms with E-state index in [4.69, 9.17) is 9.47 Å². The van der Waals surface area contributed by atoms with Gasteiger partial charge in [-0.2, -0.15) is 4.31 Å². The van der Waals surface area contributed by atoms with Gasteiger partial charge in [0.25, 0.3) is 0 Å². The van der Waals surface area contributed by atoms with Crippen LogP contribution < -0.4 is 4.74 Å². The average molecular weight is 421 g/mol. The summed E-state index contributed by atoms with van der Waals surface area (Å²) in [5.74, 6) is 0.367. The van der Waals surface area contributed by atoms with Gasteiger partial charge in [0.05, 0.1) is 11.5 Å². The van der Waals surface area contributed by atoms with Crippen molar-refractivity contribution >= 4 is 10.0 Å². The summed E-state index contributed by atoms with van der Waals surface area (Å²) in [4.78, 5) is 2.49. The SMILES string of the molecule is Cc1ccc(S(=O)(=O)N2CCN(Cc3cc(F)cc4c3OCOC4)CC2)c(C)c1. The molecule has 8 heteroatoms. The number of benzene rings is 2. The molecule has 2 aliphatic heterocycles. The van der Waals surface area contributed by atoms with Crippen LogP contribution in [0.2, 0.25) is 0 Å². The zero-order valence-corrected chi connectivity index (χ0v) is 17.5. The maximum Gasteiger partial charge on any atom is 0.243 e. The maximum atomic E-state index is 14.0. The number of sulfonamides is 1. The summed E-state index contributed by atoms with van der Waals surface area (Å²) < 4.78 is 52.4. The van der Waals surface area contributed by atoms with Gasteiger partial charge in [-0.3, -0.25) is 4.90 Å². The molecule has 0 aromatic heterocycles. The van der Waals surface area contributed by atoms with E-state index < -0.39 is 10.0 Å². The number of nitrogens with zero attached hydrogens (tertiary/aromatic N) is 2. The third-order valence-electron chi connectivity index (χ3n) is 5.43. The van der Waals surface area contributed by atoms with Gasteiger partial charge in [-0.1, -0.05) is 17.7 Å². The Morgan fingerprint density at radius 1 is 1.07 bits per heavy atom. The summed E-state index contributed by atoms with van der Waals surface area (Å²) in [6, 6.07) is 8.33. The highest BCUT2D eigenvalue weighted by molar-refractivity contribution is 7.89. The molecular weight excluding hydrogens is 395 g/mol. The van der Waals surface area contributed by atoms with Crippen molar-refractivity contribution < 1.29 is 22.3 Å². The normalized spacial score (nSPS) is 18.3. The molecule has 2 heterocycles. The highest BCUT2D eigenvalue weighted by atomic mass is 32.2. The summed E-state index contributed by atoms with van der Waals surface area (Å²) in [6.45, 7) is 6.73. The fourth-order valence-electron chi connectivity index (χ4n) is 3.97. The lowest BCUT2D eigenvalue weighted by molar-refractivity contribution is -0.0178. The Kier molecular flexibility index (Phi) is 5.61. The van der Waals surface area contributed by atoms with Crippen molar-refractivity contribution in [1.82, 2.24) is 9.21 Å². The second-order valence-corrected chi connectivity index (χ2v) is 9.52. The molecule has 1 saturated heterocycles. The molecule has 0 spiro atoms. The van der Waals surface area contributed by atoms with Crippen molar-refractivity contribution in [3.8, 4) is 5.75 Å². The lowest BCUT2D eigenvalue weighted by Crippen LogP contribution is -2.48. The molecule has 4 rings (SSSR count). The van der Waals surface area contributed by atoms with E-state index in [1.54, 1.807) is 6.07 Å². The van der Waals surface area contributed by atoms with E-state index in [0.29, 0.717) is 55.5 Å². The van der Waals surface area contributed by atoms with Gasteiger partial charge in [-0.25, -0.2) is 12.8 Å². The van der Waals surface area contributed by atoms with E-state index in [9.17, 15) is 12.8 Å². The molecular formula is C21H25FN2O4S. The third-order valence-corrected chi connectivity index (χ3v) is 7.48. The van der Waals surface area contributed by atoms with Gasteiger partial charge >= 0.3 is 0 Å². The molecule has 0 atom stereocenters. The van der Waals surface area contributed by atoms with Crippen LogP contribution in [0.3, 0.4) is 0 Å². The van der Waals surface area contributed by atoms with Gasteiger partial charge in [0, 0.05) is 43.9 Å². The minimum Gasteiger partial charge on any atom is -0.467 e. The topological polar surface area (TPSA) is 59.1 Å². The number of fused-ring (bicyclic) bond motifs is 1. The molecule has 1 fully saturated rings. The van der Waals surface area contributed by atoms with E-state index in [1.165, 1.54) is 16.4 Å². The van der Waals surface area contributed by atoms with E-state index in [1.807, 2.05) is 26.0 Å². The highest BCUT2D eigenvalue weighted by Crippen LogP contribution is 2.31. The van der Waals surface area contributed by atoms with E-state index in [0.717, 1.165) is 16.7 Å². The number of rotatable bonds is 4. The molecule has 2 aliphatic rings. The van der Waals surface area contributed by atoms with Crippen molar-refractivity contribution in [2.75, 3.05) is 33.0 Å². The molecule has 156 valence electrons. The molecule has 2 aromatic rings. The molecule has 0 amide bonds. The van der Waals surface area contributed by atoms with E-state index in [-0.39, 0.29) is 12.6 Å². The monoisotopic (exact) mass is 420 g/mol. The number of aryl methyl sites for hydroxylation is 2. The summed E-state index contributed by atoms with van der Waals surface area (Å²) in [7, 11) is -3.52. The smallest absolute Gasteiger partial charge is 0.243 e. The Labute approximate surface area is 170 Å². The molecule has 0 saturated carbocycles. The molecule has 0 unspecified atom stereocenters. The van der Waals surface area contributed by atoms with Crippen LogP contribution in [0.4, 0.5) is 4.39 Å². The lowest BCUT2D eigenvalue weighted by Gasteiger charge is -2.34. The fraction of sp³-hybridized carbons (Fsp3) is 0.429.